The lowest BCUT2D eigenvalue weighted by Gasteiger charge is -2.20. The summed E-state index contributed by atoms with van der Waals surface area (Å²) in [4.78, 5) is 13.4. The van der Waals surface area contributed by atoms with Gasteiger partial charge in [0, 0.05) is 12.6 Å². The predicted octanol–water partition coefficient (Wildman–Crippen LogP) is 3.95. The highest BCUT2D eigenvalue weighted by Gasteiger charge is 2.15. The van der Waals surface area contributed by atoms with Gasteiger partial charge < -0.3 is 4.74 Å². The van der Waals surface area contributed by atoms with Gasteiger partial charge in [-0.15, -0.1) is 0 Å². The van der Waals surface area contributed by atoms with Crippen LogP contribution in [-0.2, 0) is 4.74 Å². The molecule has 3 nitrogen and oxygen atoms in total. The molecule has 2 aromatic rings. The fourth-order valence-electron chi connectivity index (χ4n) is 1.95. The Morgan fingerprint density at radius 1 is 1.05 bits per heavy atom. The molecule has 2 rings (SSSR count). The number of hydrogen-bond donors (Lipinski definition) is 0. The maximum absolute atomic E-state index is 11.8. The highest BCUT2D eigenvalue weighted by molar-refractivity contribution is 5.93. The largest absolute Gasteiger partial charge is 0.449 e. The molecule has 0 N–H and O–H groups in total. The van der Waals surface area contributed by atoms with Crippen LogP contribution in [-0.4, -0.2) is 19.7 Å². The average Bonchev–Trinajstić information content (AvgIpc) is 2.47. The number of para-hydroxylation sites is 1. The van der Waals surface area contributed by atoms with Gasteiger partial charge in [0.05, 0.1) is 12.3 Å². The standard InChI is InChI=1S/C16H17NO2/c1-3-19-16(18)17(2)15-12-8-7-11-14(15)13-9-5-4-6-10-13/h4-12H,3H2,1-2H3. The van der Waals surface area contributed by atoms with Gasteiger partial charge in [0.1, 0.15) is 0 Å². The molecule has 3 heteroatoms. The number of anilines is 1. The van der Waals surface area contributed by atoms with E-state index < -0.39 is 0 Å². The minimum absolute atomic E-state index is 0.342. The van der Waals surface area contributed by atoms with Crippen molar-refractivity contribution in [3.63, 3.8) is 0 Å². The Morgan fingerprint density at radius 2 is 1.68 bits per heavy atom. The summed E-state index contributed by atoms with van der Waals surface area (Å²) in [6, 6.07) is 17.8. The lowest BCUT2D eigenvalue weighted by atomic mass is 10.0. The zero-order valence-electron chi connectivity index (χ0n) is 11.2. The van der Waals surface area contributed by atoms with Crippen LogP contribution in [0.1, 0.15) is 6.92 Å². The van der Waals surface area contributed by atoms with Gasteiger partial charge in [0.2, 0.25) is 0 Å². The van der Waals surface area contributed by atoms with Crippen molar-refractivity contribution in [3.8, 4) is 11.1 Å². The molecule has 0 heterocycles. The molecular weight excluding hydrogens is 238 g/mol. The van der Waals surface area contributed by atoms with E-state index >= 15 is 0 Å². The Morgan fingerprint density at radius 3 is 2.37 bits per heavy atom. The van der Waals surface area contributed by atoms with Crippen LogP contribution >= 0.6 is 0 Å². The van der Waals surface area contributed by atoms with E-state index in [0.29, 0.717) is 6.61 Å². The number of nitrogens with zero attached hydrogens (tertiary/aromatic N) is 1. The van der Waals surface area contributed by atoms with E-state index in [1.54, 1.807) is 14.0 Å². The summed E-state index contributed by atoms with van der Waals surface area (Å²) in [7, 11) is 1.72. The van der Waals surface area contributed by atoms with Crippen LogP contribution in [0.5, 0.6) is 0 Å². The highest BCUT2D eigenvalue weighted by atomic mass is 16.6. The maximum Gasteiger partial charge on any atom is 0.414 e. The highest BCUT2D eigenvalue weighted by Crippen LogP contribution is 2.30. The molecule has 19 heavy (non-hydrogen) atoms. The van der Waals surface area contributed by atoms with E-state index in [-0.39, 0.29) is 6.09 Å². The molecule has 0 aromatic heterocycles. The van der Waals surface area contributed by atoms with E-state index in [1.807, 2.05) is 54.6 Å². The zero-order valence-corrected chi connectivity index (χ0v) is 11.2. The summed E-state index contributed by atoms with van der Waals surface area (Å²) in [5.41, 5.74) is 2.93. The first-order valence-electron chi connectivity index (χ1n) is 6.29. The number of amides is 1. The summed E-state index contributed by atoms with van der Waals surface area (Å²) in [6.45, 7) is 2.17. The number of ether oxygens (including phenoxy) is 1. The molecule has 0 fully saturated rings. The lowest BCUT2D eigenvalue weighted by Crippen LogP contribution is -2.27. The number of benzene rings is 2. The topological polar surface area (TPSA) is 29.5 Å². The van der Waals surface area contributed by atoms with E-state index in [2.05, 4.69) is 0 Å². The summed E-state index contributed by atoms with van der Waals surface area (Å²) in [6.07, 6.45) is -0.342. The Balaban J connectivity index is 2.39. The lowest BCUT2D eigenvalue weighted by molar-refractivity contribution is 0.161. The van der Waals surface area contributed by atoms with Crippen LogP contribution in [0.3, 0.4) is 0 Å². The van der Waals surface area contributed by atoms with Gasteiger partial charge in [-0.25, -0.2) is 4.79 Å². The van der Waals surface area contributed by atoms with Crippen molar-refractivity contribution >= 4 is 11.8 Å². The Kier molecular flexibility index (Phi) is 4.18. The van der Waals surface area contributed by atoms with Crippen molar-refractivity contribution in [2.45, 2.75) is 6.92 Å². The molecule has 0 aliphatic carbocycles. The molecule has 0 aliphatic heterocycles. The normalized spacial score (nSPS) is 10.0. The Hall–Kier alpha value is -2.29. The van der Waals surface area contributed by atoms with Crippen molar-refractivity contribution in [1.29, 1.82) is 0 Å². The third-order valence-electron chi connectivity index (χ3n) is 2.89. The van der Waals surface area contributed by atoms with E-state index in [0.717, 1.165) is 16.8 Å². The van der Waals surface area contributed by atoms with Crippen molar-refractivity contribution < 1.29 is 9.53 Å². The summed E-state index contributed by atoms with van der Waals surface area (Å²) >= 11 is 0. The van der Waals surface area contributed by atoms with Crippen LogP contribution < -0.4 is 4.90 Å². The second-order valence-electron chi connectivity index (χ2n) is 4.14. The van der Waals surface area contributed by atoms with Crippen molar-refractivity contribution in [3.05, 3.63) is 54.6 Å². The fraction of sp³-hybridized carbons (Fsp3) is 0.188. The van der Waals surface area contributed by atoms with Crippen LogP contribution in [0.4, 0.5) is 10.5 Å². The van der Waals surface area contributed by atoms with E-state index in [1.165, 1.54) is 4.90 Å². The quantitative estimate of drug-likeness (QED) is 0.831. The monoisotopic (exact) mass is 255 g/mol. The van der Waals surface area contributed by atoms with Gasteiger partial charge in [0.25, 0.3) is 0 Å². The molecule has 1 amide bonds. The van der Waals surface area contributed by atoms with Crippen molar-refractivity contribution in [2.24, 2.45) is 0 Å². The average molecular weight is 255 g/mol. The van der Waals surface area contributed by atoms with E-state index in [4.69, 9.17) is 4.74 Å². The van der Waals surface area contributed by atoms with Gasteiger partial charge >= 0.3 is 6.09 Å². The second kappa shape index (κ2) is 6.05. The van der Waals surface area contributed by atoms with Gasteiger partial charge in [0.15, 0.2) is 0 Å². The molecule has 0 bridgehead atoms. The number of rotatable bonds is 3. The molecule has 0 saturated heterocycles. The minimum atomic E-state index is -0.342. The molecule has 98 valence electrons. The van der Waals surface area contributed by atoms with Crippen molar-refractivity contribution in [1.82, 2.24) is 0 Å². The predicted molar refractivity (Wildman–Crippen MR) is 77.3 cm³/mol. The number of carbonyl (C=O) groups is 1. The van der Waals surface area contributed by atoms with Gasteiger partial charge in [-0.1, -0.05) is 48.5 Å². The zero-order chi connectivity index (χ0) is 13.7. The third kappa shape index (κ3) is 2.94. The Labute approximate surface area is 113 Å². The first-order valence-corrected chi connectivity index (χ1v) is 6.29. The number of hydrogen-bond acceptors (Lipinski definition) is 2. The third-order valence-corrected chi connectivity index (χ3v) is 2.89. The fourth-order valence-corrected chi connectivity index (χ4v) is 1.95. The van der Waals surface area contributed by atoms with Crippen molar-refractivity contribution in [2.75, 3.05) is 18.6 Å². The van der Waals surface area contributed by atoms with E-state index in [9.17, 15) is 4.79 Å². The smallest absolute Gasteiger partial charge is 0.414 e. The molecule has 0 aliphatic rings. The summed E-state index contributed by atoms with van der Waals surface area (Å²) < 4.78 is 5.04. The van der Waals surface area contributed by atoms with Gasteiger partial charge in [-0.05, 0) is 18.6 Å². The Bertz CT molecular complexity index is 552. The first-order chi connectivity index (χ1) is 9.24. The molecular formula is C16H17NO2. The summed E-state index contributed by atoms with van der Waals surface area (Å²) in [5, 5.41) is 0. The molecule has 0 spiro atoms. The SMILES string of the molecule is CCOC(=O)N(C)c1ccccc1-c1ccccc1. The maximum atomic E-state index is 11.8. The first kappa shape index (κ1) is 13.1. The van der Waals surface area contributed by atoms with Crippen LogP contribution in [0.25, 0.3) is 11.1 Å². The molecule has 0 atom stereocenters. The second-order valence-corrected chi connectivity index (χ2v) is 4.14. The molecule has 2 aromatic carbocycles. The van der Waals surface area contributed by atoms with Crippen LogP contribution in [0.2, 0.25) is 0 Å². The minimum Gasteiger partial charge on any atom is -0.449 e. The van der Waals surface area contributed by atoms with Gasteiger partial charge in [-0.3, -0.25) is 4.90 Å². The van der Waals surface area contributed by atoms with Crippen LogP contribution in [0, 0.1) is 0 Å². The molecule has 0 radical (unpaired) electrons. The molecule has 0 unspecified atom stereocenters. The number of carbonyl (C=O) groups excluding carboxylic acids is 1. The molecule has 0 saturated carbocycles. The van der Waals surface area contributed by atoms with Gasteiger partial charge in [-0.2, -0.15) is 0 Å². The van der Waals surface area contributed by atoms with Crippen LogP contribution in [0.15, 0.2) is 54.6 Å². The summed E-state index contributed by atoms with van der Waals surface area (Å²) in [5.74, 6) is 0.